The third-order valence-electron chi connectivity index (χ3n) is 27.2. The van der Waals surface area contributed by atoms with E-state index in [0.29, 0.717) is 0 Å². The van der Waals surface area contributed by atoms with Crippen LogP contribution in [0, 0.1) is 0 Å². The first kappa shape index (κ1) is 73.7. The molecule has 0 unspecified atom stereocenters. The van der Waals surface area contributed by atoms with E-state index in [0.717, 1.165) is 111 Å². The van der Waals surface area contributed by atoms with E-state index in [4.69, 9.17) is 17.7 Å². The summed E-state index contributed by atoms with van der Waals surface area (Å²) >= 11 is 7.48. The van der Waals surface area contributed by atoms with E-state index in [1.54, 1.807) is 0 Å². The molecule has 12 aromatic heterocycles. The van der Waals surface area contributed by atoms with Crippen LogP contribution in [0.1, 0.15) is 0 Å². The van der Waals surface area contributed by atoms with Gasteiger partial charge in [0.1, 0.15) is 33.5 Å². The van der Waals surface area contributed by atoms with E-state index in [2.05, 4.69) is 382 Å². The maximum absolute atomic E-state index is 6.43. The van der Waals surface area contributed by atoms with Crippen LogP contribution in [0.4, 0.5) is 0 Å². The van der Waals surface area contributed by atoms with Gasteiger partial charge in [-0.1, -0.05) is 255 Å². The first-order valence-electron chi connectivity index (χ1n) is 44.5. The Hall–Kier alpha value is -16.3. The second-order valence-corrected chi connectivity index (χ2v) is 38.5. The van der Waals surface area contributed by atoms with E-state index >= 15 is 0 Å². The van der Waals surface area contributed by atoms with Crippen molar-refractivity contribution in [1.82, 2.24) is 18.3 Å². The van der Waals surface area contributed by atoms with Crippen molar-refractivity contribution in [3.05, 3.63) is 413 Å². The van der Waals surface area contributed by atoms with Crippen LogP contribution in [0.5, 0.6) is 0 Å². The number of hydrogen-bond acceptors (Lipinski definition) is 8. The first-order chi connectivity index (χ1) is 65.5. The van der Waals surface area contributed by atoms with Gasteiger partial charge in [-0.15, -0.1) is 45.3 Å². The lowest BCUT2D eigenvalue weighted by atomic mass is 10.1. The summed E-state index contributed by atoms with van der Waals surface area (Å²) in [6, 6.07) is 147. The molecule has 0 bridgehead atoms. The molecular weight excluding hydrogens is 1690 g/mol. The lowest BCUT2D eigenvalue weighted by molar-refractivity contribution is 0.666. The van der Waals surface area contributed by atoms with Crippen molar-refractivity contribution in [3.63, 3.8) is 0 Å². The van der Waals surface area contributed by atoms with Gasteiger partial charge in [-0.2, -0.15) is 0 Å². The van der Waals surface area contributed by atoms with E-state index < -0.39 is 0 Å². The Labute approximate surface area is 766 Å². The van der Waals surface area contributed by atoms with Gasteiger partial charge < -0.3 is 35.9 Å². The molecule has 8 nitrogen and oxygen atoms in total. The molecule has 0 atom stereocenters. The number of rotatable bonds is 4. The number of fused-ring (bicyclic) bond motifs is 39. The molecule has 12 heteroatoms. The third kappa shape index (κ3) is 10.9. The van der Waals surface area contributed by atoms with Gasteiger partial charge in [0, 0.05) is 190 Å². The van der Waals surface area contributed by atoms with E-state index in [1.165, 1.54) is 168 Å². The summed E-state index contributed by atoms with van der Waals surface area (Å²) in [5.74, 6) is 0. The highest BCUT2D eigenvalue weighted by Crippen LogP contribution is 2.51. The second-order valence-electron chi connectivity index (χ2n) is 34.2. The third-order valence-corrected chi connectivity index (χ3v) is 31.8. The molecule has 616 valence electrons. The Balaban J connectivity index is 0.0000000862. The lowest BCUT2D eigenvalue weighted by Crippen LogP contribution is -1.94. The SMILES string of the molecule is c1ccc2c(c1)oc1c(-n3c4ccccc4c4c5c(ccc43)sc3ccccc35)cccc12.c1ccc2c(c1)oc1c(-n3c4ccccc4c4c5sc6ccccc6c5ccc43)cccc12.c1ccc2c(c1)oc1cc(-n3c4ccccc4c4cc5c(cc43)sc3ccccc35)ccc12.c1ccc2c(c1)oc1cc(-n3c4ccccc4c4ccc5sc6ccccc6c5c43)ccc12. The normalized spacial score (nSPS) is 12.2. The van der Waals surface area contributed by atoms with Gasteiger partial charge in [0.2, 0.25) is 0 Å². The molecule has 0 saturated heterocycles. The molecule has 0 saturated carbocycles. The summed E-state index contributed by atoms with van der Waals surface area (Å²) in [6.45, 7) is 0. The highest BCUT2D eigenvalue weighted by atomic mass is 32.1. The van der Waals surface area contributed by atoms with Gasteiger partial charge >= 0.3 is 0 Å². The fraction of sp³-hybridized carbons (Fsp3) is 0. The van der Waals surface area contributed by atoms with Crippen LogP contribution in [0.25, 0.3) is 278 Å². The Morgan fingerprint density at radius 3 is 1.09 bits per heavy atom. The van der Waals surface area contributed by atoms with Gasteiger partial charge in [0.15, 0.2) is 11.2 Å². The molecule has 0 amide bonds. The number of para-hydroxylation sites is 10. The summed E-state index contributed by atoms with van der Waals surface area (Å²) in [4.78, 5) is 0. The van der Waals surface area contributed by atoms with Crippen molar-refractivity contribution < 1.29 is 17.7 Å². The molecular formula is C120H68N4O4S4. The highest BCUT2D eigenvalue weighted by molar-refractivity contribution is 7.27. The van der Waals surface area contributed by atoms with Crippen molar-refractivity contribution in [2.75, 3.05) is 0 Å². The monoisotopic (exact) mass is 1760 g/mol. The van der Waals surface area contributed by atoms with Crippen LogP contribution in [-0.4, -0.2) is 18.3 Å². The van der Waals surface area contributed by atoms with E-state index in [1.807, 2.05) is 93.9 Å². The van der Waals surface area contributed by atoms with E-state index in [9.17, 15) is 0 Å². The first-order valence-corrected chi connectivity index (χ1v) is 47.7. The van der Waals surface area contributed by atoms with Crippen molar-refractivity contribution in [2.45, 2.75) is 0 Å². The number of aromatic nitrogens is 4. The molecule has 0 N–H and O–H groups in total. The average molecular weight is 1760 g/mol. The summed E-state index contributed by atoms with van der Waals surface area (Å²) < 4.78 is 45.5. The molecule has 0 fully saturated rings. The van der Waals surface area contributed by atoms with Crippen molar-refractivity contribution in [2.24, 2.45) is 0 Å². The summed E-state index contributed by atoms with van der Waals surface area (Å²) in [5.41, 5.74) is 21.5. The molecule has 32 aromatic rings. The minimum Gasteiger partial charge on any atom is -0.456 e. The maximum atomic E-state index is 6.43. The standard InChI is InChI=1S/4C30H17NOS/c1-4-12-23-22(10-1)28-24(17-16-21-19-9-3-6-15-27(19)33-30(21)28)31(23)25-13-7-11-20-18-8-2-5-14-26(18)32-29(20)25;1-4-12-22-20(9-1)28-23(16-17-27-29(28)21-10-3-6-15-26(21)33-27)31(22)24-13-7-11-19-18-8-2-5-14-25(18)32-30(19)24;1-4-10-25-19(7-1)23-16-24-22-9-3-6-12-29(22)33-30(24)17-26(23)31(25)18-13-14-21-20-8-2-5-11-27(20)32-28(21)15-18;1-4-10-24-19(7-1)22-15-16-28-29(23-9-3-6-12-27(23)33-28)30(22)31(24)18-13-14-21-20-8-2-5-11-25(20)32-26(21)17-18/h4*1-17H. The lowest BCUT2D eigenvalue weighted by Gasteiger charge is -2.09. The topological polar surface area (TPSA) is 72.3 Å². The predicted octanol–water partition coefficient (Wildman–Crippen LogP) is 36.2. The van der Waals surface area contributed by atoms with Crippen LogP contribution < -0.4 is 0 Å². The van der Waals surface area contributed by atoms with Gasteiger partial charge in [-0.3, -0.25) is 0 Å². The van der Waals surface area contributed by atoms with Gasteiger partial charge in [-0.25, -0.2) is 0 Å². The Bertz CT molecular complexity index is 10500. The summed E-state index contributed by atoms with van der Waals surface area (Å²) in [5, 5.41) is 30.2. The molecule has 0 aliphatic heterocycles. The number of benzene rings is 20. The number of furan rings is 4. The fourth-order valence-corrected chi connectivity index (χ4v) is 26.2. The van der Waals surface area contributed by atoms with Crippen LogP contribution in [-0.2, 0) is 0 Å². The largest absolute Gasteiger partial charge is 0.456 e. The average Bonchev–Trinajstić information content (AvgIpc) is 1.43. The number of thiophene rings is 4. The van der Waals surface area contributed by atoms with Crippen LogP contribution in [0.2, 0.25) is 0 Å². The van der Waals surface area contributed by atoms with E-state index in [-0.39, 0.29) is 0 Å². The van der Waals surface area contributed by atoms with Crippen molar-refractivity contribution in [1.29, 1.82) is 0 Å². The van der Waals surface area contributed by atoms with Crippen molar-refractivity contribution in [3.8, 4) is 22.7 Å². The van der Waals surface area contributed by atoms with Gasteiger partial charge in [0.05, 0.1) is 55.5 Å². The minimum absolute atomic E-state index is 0.919. The Morgan fingerprint density at radius 2 is 0.523 bits per heavy atom. The molecule has 20 aromatic carbocycles. The smallest absolute Gasteiger partial charge is 0.159 e. The molecule has 12 heterocycles. The molecule has 0 radical (unpaired) electrons. The molecule has 0 aliphatic rings. The zero-order chi connectivity index (χ0) is 86.1. The van der Waals surface area contributed by atoms with Crippen LogP contribution >= 0.6 is 45.3 Å². The van der Waals surface area contributed by atoms with Gasteiger partial charge in [0.25, 0.3) is 0 Å². The second kappa shape index (κ2) is 28.6. The minimum atomic E-state index is 0.919. The van der Waals surface area contributed by atoms with Crippen LogP contribution in [0.15, 0.2) is 430 Å². The molecule has 0 spiro atoms. The number of nitrogens with zero attached hydrogens (tertiary/aromatic N) is 4. The van der Waals surface area contributed by atoms with Crippen molar-refractivity contribution >= 4 is 301 Å². The maximum Gasteiger partial charge on any atom is 0.159 e. The number of hydrogen-bond donors (Lipinski definition) is 0. The molecule has 32 rings (SSSR count). The zero-order valence-corrected chi connectivity index (χ0v) is 73.6. The zero-order valence-electron chi connectivity index (χ0n) is 70.3. The summed E-state index contributed by atoms with van der Waals surface area (Å²) in [6.07, 6.45) is 0. The quantitative estimate of drug-likeness (QED) is 0.176. The molecule has 0 aliphatic carbocycles. The fourth-order valence-electron chi connectivity index (χ4n) is 21.6. The Kier molecular flexibility index (Phi) is 16.0. The summed E-state index contributed by atoms with van der Waals surface area (Å²) in [7, 11) is 0. The van der Waals surface area contributed by atoms with Gasteiger partial charge in [-0.05, 0) is 146 Å². The highest BCUT2D eigenvalue weighted by Gasteiger charge is 2.26. The Morgan fingerprint density at radius 1 is 0.159 bits per heavy atom. The molecule has 132 heavy (non-hydrogen) atoms. The van der Waals surface area contributed by atoms with Crippen LogP contribution in [0.3, 0.4) is 0 Å². The predicted molar refractivity (Wildman–Crippen MR) is 564 cm³/mol.